The second-order valence-corrected chi connectivity index (χ2v) is 5.43. The second-order valence-electron chi connectivity index (χ2n) is 5.43. The first kappa shape index (κ1) is 18.0. The molecule has 1 aliphatic rings. The third kappa shape index (κ3) is 3.89. The predicted molar refractivity (Wildman–Crippen MR) is 91.2 cm³/mol. The minimum Gasteiger partial charge on any atom is -0.865 e. The highest BCUT2D eigenvalue weighted by Crippen LogP contribution is 2.34. The molecule has 0 fully saturated rings. The van der Waals surface area contributed by atoms with Gasteiger partial charge in [0.2, 0.25) is 6.10 Å². The van der Waals surface area contributed by atoms with Crippen LogP contribution in [0.4, 0.5) is 5.69 Å². The molecule has 3 rings (SSSR count). The molecule has 27 heavy (non-hydrogen) atoms. The molecule has 2 aromatic rings. The molecule has 1 heterocycles. The van der Waals surface area contributed by atoms with Crippen molar-refractivity contribution in [1.29, 1.82) is 0 Å². The number of hydrogen-bond acceptors (Lipinski definition) is 8. The maximum Gasteiger partial charge on any atom is 0.284 e. The Morgan fingerprint density at radius 3 is 2.81 bits per heavy atom. The van der Waals surface area contributed by atoms with E-state index in [9.17, 15) is 20.0 Å². The maximum atomic E-state index is 12.1. The van der Waals surface area contributed by atoms with Crippen molar-refractivity contribution in [2.75, 3.05) is 13.7 Å². The molecule has 140 valence electrons. The fourth-order valence-corrected chi connectivity index (χ4v) is 2.36. The molecule has 0 saturated heterocycles. The van der Waals surface area contributed by atoms with Crippen LogP contribution in [0.1, 0.15) is 5.56 Å². The Kier molecular flexibility index (Phi) is 5.06. The summed E-state index contributed by atoms with van der Waals surface area (Å²) in [4.78, 5) is 22.3. The van der Waals surface area contributed by atoms with Gasteiger partial charge in [-0.05, 0) is 18.2 Å². The molecule has 0 aromatic heterocycles. The predicted octanol–water partition coefficient (Wildman–Crippen LogP) is 0.967. The molecule has 0 spiro atoms. The summed E-state index contributed by atoms with van der Waals surface area (Å²) in [5.74, 6) is -0.600. The third-order valence-corrected chi connectivity index (χ3v) is 3.66. The van der Waals surface area contributed by atoms with Gasteiger partial charge in [-0.25, -0.2) is 5.43 Å². The van der Waals surface area contributed by atoms with Gasteiger partial charge in [0.05, 0.1) is 18.2 Å². The van der Waals surface area contributed by atoms with Crippen LogP contribution >= 0.6 is 0 Å². The summed E-state index contributed by atoms with van der Waals surface area (Å²) in [5, 5.41) is 26.4. The van der Waals surface area contributed by atoms with Crippen molar-refractivity contribution in [2.24, 2.45) is 5.10 Å². The number of carbonyl (C=O) groups is 1. The summed E-state index contributed by atoms with van der Waals surface area (Å²) in [6.07, 6.45) is 0.259. The number of rotatable bonds is 5. The zero-order chi connectivity index (χ0) is 19.4. The SMILES string of the molecule is COc1cc(C=NNC(=O)C2COc3ccccc3O2)cc([N+](=O)[O-])c1[O-]. The molecular weight excluding hydrogens is 358 g/mol. The summed E-state index contributed by atoms with van der Waals surface area (Å²) < 4.78 is 15.8. The van der Waals surface area contributed by atoms with Gasteiger partial charge in [0, 0.05) is 17.4 Å². The van der Waals surface area contributed by atoms with E-state index < -0.39 is 28.4 Å². The molecule has 1 aliphatic heterocycles. The topological polar surface area (TPSA) is 135 Å². The number of carbonyl (C=O) groups excluding carboxylic acids is 1. The van der Waals surface area contributed by atoms with E-state index in [-0.39, 0.29) is 17.9 Å². The van der Waals surface area contributed by atoms with Crippen LogP contribution in [0.3, 0.4) is 0 Å². The van der Waals surface area contributed by atoms with Gasteiger partial charge in [-0.1, -0.05) is 12.1 Å². The Hall–Kier alpha value is -3.82. The van der Waals surface area contributed by atoms with Crippen LogP contribution in [-0.4, -0.2) is 36.9 Å². The molecule has 0 saturated carbocycles. The third-order valence-electron chi connectivity index (χ3n) is 3.66. The molecule has 0 radical (unpaired) electrons. The molecule has 0 aliphatic carbocycles. The van der Waals surface area contributed by atoms with Gasteiger partial charge < -0.3 is 19.3 Å². The molecule has 10 heteroatoms. The minimum atomic E-state index is -0.898. The van der Waals surface area contributed by atoms with Crippen molar-refractivity contribution in [3.63, 3.8) is 0 Å². The first-order chi connectivity index (χ1) is 13.0. The summed E-state index contributed by atoms with van der Waals surface area (Å²) >= 11 is 0. The number of amides is 1. The zero-order valence-electron chi connectivity index (χ0n) is 14.1. The Morgan fingerprint density at radius 2 is 2.11 bits per heavy atom. The molecule has 0 bridgehead atoms. The fraction of sp³-hybridized carbons (Fsp3) is 0.176. The highest BCUT2D eigenvalue weighted by molar-refractivity contribution is 5.86. The second kappa shape index (κ2) is 7.60. The maximum absolute atomic E-state index is 12.1. The lowest BCUT2D eigenvalue weighted by Crippen LogP contribution is -2.42. The van der Waals surface area contributed by atoms with Crippen molar-refractivity contribution in [3.8, 4) is 23.0 Å². The van der Waals surface area contributed by atoms with Crippen molar-refractivity contribution in [1.82, 2.24) is 5.43 Å². The first-order valence-electron chi connectivity index (χ1n) is 7.74. The smallest absolute Gasteiger partial charge is 0.284 e. The van der Waals surface area contributed by atoms with Crippen LogP contribution in [0.15, 0.2) is 41.5 Å². The molecular formula is C17H14N3O7-. The molecule has 1 unspecified atom stereocenters. The lowest BCUT2D eigenvalue weighted by Gasteiger charge is -2.24. The van der Waals surface area contributed by atoms with Gasteiger partial charge in [-0.2, -0.15) is 5.10 Å². The van der Waals surface area contributed by atoms with E-state index in [0.29, 0.717) is 11.5 Å². The zero-order valence-corrected chi connectivity index (χ0v) is 14.1. The average Bonchev–Trinajstić information content (AvgIpc) is 2.68. The van der Waals surface area contributed by atoms with Crippen LogP contribution in [0.25, 0.3) is 0 Å². The number of nitrogens with one attached hydrogen (secondary N) is 1. The Morgan fingerprint density at radius 1 is 1.37 bits per heavy atom. The number of ether oxygens (including phenoxy) is 3. The van der Waals surface area contributed by atoms with E-state index in [0.717, 1.165) is 12.3 Å². The van der Waals surface area contributed by atoms with Gasteiger partial charge in [0.1, 0.15) is 12.4 Å². The minimum absolute atomic E-state index is 0.0164. The van der Waals surface area contributed by atoms with Crippen molar-refractivity contribution in [3.05, 3.63) is 52.1 Å². The van der Waals surface area contributed by atoms with E-state index in [4.69, 9.17) is 14.2 Å². The summed E-state index contributed by atoms with van der Waals surface area (Å²) in [7, 11) is 1.22. The van der Waals surface area contributed by atoms with Gasteiger partial charge in [0.15, 0.2) is 11.5 Å². The molecule has 1 atom stereocenters. The Labute approximate surface area is 153 Å². The van der Waals surface area contributed by atoms with E-state index in [2.05, 4.69) is 10.5 Å². The molecule has 1 N–H and O–H groups in total. The number of nitro benzene ring substituents is 1. The Bertz CT molecular complexity index is 913. The van der Waals surface area contributed by atoms with Gasteiger partial charge in [0.25, 0.3) is 11.6 Å². The van der Waals surface area contributed by atoms with E-state index in [1.165, 1.54) is 13.2 Å². The van der Waals surface area contributed by atoms with E-state index in [1.807, 2.05) is 0 Å². The normalized spacial score (nSPS) is 15.4. The quantitative estimate of drug-likeness (QED) is 0.469. The van der Waals surface area contributed by atoms with Gasteiger partial charge in [-0.3, -0.25) is 14.9 Å². The number of benzene rings is 2. The largest absolute Gasteiger partial charge is 0.865 e. The number of hydrazone groups is 1. The number of nitrogens with zero attached hydrogens (tertiary/aromatic N) is 2. The molecule has 1 amide bonds. The fourth-order valence-electron chi connectivity index (χ4n) is 2.36. The lowest BCUT2D eigenvalue weighted by atomic mass is 10.2. The van der Waals surface area contributed by atoms with Crippen LogP contribution in [0.2, 0.25) is 0 Å². The van der Waals surface area contributed by atoms with E-state index in [1.54, 1.807) is 24.3 Å². The average molecular weight is 372 g/mol. The summed E-state index contributed by atoms with van der Waals surface area (Å²) in [6, 6.07) is 9.25. The Balaban J connectivity index is 1.68. The van der Waals surface area contributed by atoms with Crippen LogP contribution in [-0.2, 0) is 4.79 Å². The van der Waals surface area contributed by atoms with Gasteiger partial charge in [-0.15, -0.1) is 0 Å². The van der Waals surface area contributed by atoms with Crippen molar-refractivity contribution >= 4 is 17.8 Å². The van der Waals surface area contributed by atoms with Crippen molar-refractivity contribution in [2.45, 2.75) is 6.10 Å². The highest BCUT2D eigenvalue weighted by atomic mass is 16.6. The van der Waals surface area contributed by atoms with Crippen LogP contribution in [0.5, 0.6) is 23.0 Å². The summed E-state index contributed by atoms with van der Waals surface area (Å²) in [6.45, 7) is 0.0164. The molecule has 10 nitrogen and oxygen atoms in total. The number of hydrogen-bond donors (Lipinski definition) is 1. The van der Waals surface area contributed by atoms with Crippen LogP contribution in [0, 0.1) is 10.1 Å². The number of fused-ring (bicyclic) bond motifs is 1. The van der Waals surface area contributed by atoms with E-state index >= 15 is 0 Å². The highest BCUT2D eigenvalue weighted by Gasteiger charge is 2.27. The van der Waals surface area contributed by atoms with Crippen LogP contribution < -0.4 is 24.7 Å². The number of methoxy groups -OCH3 is 1. The van der Waals surface area contributed by atoms with Gasteiger partial charge >= 0.3 is 0 Å². The summed E-state index contributed by atoms with van der Waals surface area (Å²) in [5.41, 5.74) is 1.83. The first-order valence-corrected chi connectivity index (χ1v) is 7.74. The van der Waals surface area contributed by atoms with Crippen molar-refractivity contribution < 1.29 is 29.0 Å². The molecule has 2 aromatic carbocycles. The standard InChI is InChI=1S/C17H15N3O7/c1-25-14-7-10(6-11(16(14)21)20(23)24)8-18-19-17(22)15-9-26-12-4-2-3-5-13(12)27-15/h2-8,15,21H,9H2,1H3,(H,19,22)/p-1. The lowest BCUT2D eigenvalue weighted by molar-refractivity contribution is -0.398. The number of para-hydroxylation sites is 2. The number of nitro groups is 1. The monoisotopic (exact) mass is 372 g/mol.